The molecule has 0 bridgehead atoms. The van der Waals surface area contributed by atoms with Crippen molar-refractivity contribution in [3.8, 4) is 0 Å². The van der Waals surface area contributed by atoms with Crippen molar-refractivity contribution >= 4 is 17.5 Å². The number of carbonyl (C=O) groups is 1. The van der Waals surface area contributed by atoms with Crippen LogP contribution >= 0.6 is 0 Å². The van der Waals surface area contributed by atoms with Gasteiger partial charge in [0.15, 0.2) is 0 Å². The molecule has 0 aliphatic heterocycles. The number of hydrogen-bond donors (Lipinski definition) is 1. The van der Waals surface area contributed by atoms with Crippen molar-refractivity contribution in [2.75, 3.05) is 5.73 Å². The second kappa shape index (κ2) is 6.46. The SMILES string of the molecule is C[C@H]1C/C(=N/C(=O)OC(C)(C)C)C[C@@H](c2ccncc2N)C1. The lowest BCUT2D eigenvalue weighted by molar-refractivity contribution is 0.0603. The molecule has 5 nitrogen and oxygen atoms in total. The molecule has 2 rings (SSSR count). The third-order valence-corrected chi connectivity index (χ3v) is 3.72. The third kappa shape index (κ3) is 4.55. The molecule has 0 saturated heterocycles. The molecule has 0 aromatic carbocycles. The summed E-state index contributed by atoms with van der Waals surface area (Å²) in [6.45, 7) is 7.70. The van der Waals surface area contributed by atoms with E-state index in [0.29, 0.717) is 11.6 Å². The molecule has 120 valence electrons. The van der Waals surface area contributed by atoms with E-state index in [1.165, 1.54) is 0 Å². The largest absolute Gasteiger partial charge is 0.442 e. The quantitative estimate of drug-likeness (QED) is 0.852. The lowest BCUT2D eigenvalue weighted by atomic mass is 9.77. The van der Waals surface area contributed by atoms with E-state index in [1.54, 1.807) is 12.4 Å². The summed E-state index contributed by atoms with van der Waals surface area (Å²) in [5.74, 6) is 0.750. The van der Waals surface area contributed by atoms with Gasteiger partial charge in [-0.2, -0.15) is 4.99 Å². The lowest BCUT2D eigenvalue weighted by Gasteiger charge is -2.29. The van der Waals surface area contributed by atoms with Crippen molar-refractivity contribution in [2.45, 2.75) is 58.5 Å². The molecule has 0 unspecified atom stereocenters. The number of anilines is 1. The van der Waals surface area contributed by atoms with Crippen LogP contribution in [0.4, 0.5) is 10.5 Å². The van der Waals surface area contributed by atoms with E-state index in [-0.39, 0.29) is 5.92 Å². The zero-order valence-electron chi connectivity index (χ0n) is 13.8. The van der Waals surface area contributed by atoms with Crippen LogP contribution in [0.15, 0.2) is 23.5 Å². The molecule has 1 aliphatic carbocycles. The van der Waals surface area contributed by atoms with E-state index in [0.717, 1.165) is 30.5 Å². The lowest BCUT2D eigenvalue weighted by Crippen LogP contribution is -2.25. The van der Waals surface area contributed by atoms with Gasteiger partial charge in [0.2, 0.25) is 0 Å². The monoisotopic (exact) mass is 303 g/mol. The summed E-state index contributed by atoms with van der Waals surface area (Å²) in [6.07, 6.45) is 5.56. The molecular weight excluding hydrogens is 278 g/mol. The Kier molecular flexibility index (Phi) is 4.84. The van der Waals surface area contributed by atoms with Gasteiger partial charge in [-0.05, 0) is 63.5 Å². The van der Waals surface area contributed by atoms with Gasteiger partial charge in [0.05, 0.1) is 11.9 Å². The maximum atomic E-state index is 11.9. The number of hydrogen-bond acceptors (Lipinski definition) is 4. The van der Waals surface area contributed by atoms with E-state index in [2.05, 4.69) is 16.9 Å². The molecule has 1 fully saturated rings. The number of amides is 1. The van der Waals surface area contributed by atoms with E-state index < -0.39 is 11.7 Å². The Labute approximate surface area is 132 Å². The first-order valence-electron chi connectivity index (χ1n) is 7.73. The van der Waals surface area contributed by atoms with Crippen LogP contribution in [0.5, 0.6) is 0 Å². The molecule has 2 atom stereocenters. The fourth-order valence-corrected chi connectivity index (χ4v) is 2.95. The van der Waals surface area contributed by atoms with Crippen LogP contribution in [0.25, 0.3) is 0 Å². The Hall–Kier alpha value is -1.91. The van der Waals surface area contributed by atoms with Gasteiger partial charge < -0.3 is 10.5 Å². The molecule has 1 aromatic rings. The van der Waals surface area contributed by atoms with Crippen molar-refractivity contribution in [2.24, 2.45) is 10.9 Å². The summed E-state index contributed by atoms with van der Waals surface area (Å²) in [6, 6.07) is 1.96. The van der Waals surface area contributed by atoms with E-state index in [4.69, 9.17) is 10.5 Å². The van der Waals surface area contributed by atoms with Crippen LogP contribution in [0.1, 0.15) is 58.4 Å². The summed E-state index contributed by atoms with van der Waals surface area (Å²) >= 11 is 0. The van der Waals surface area contributed by atoms with Gasteiger partial charge >= 0.3 is 6.09 Å². The average Bonchev–Trinajstić information content (AvgIpc) is 2.35. The first kappa shape index (κ1) is 16.5. The molecule has 2 N–H and O–H groups in total. The maximum absolute atomic E-state index is 11.9. The fraction of sp³-hybridized carbons (Fsp3) is 0.588. The standard InChI is InChI=1S/C17H25N3O2/c1-11-7-12(14-5-6-19-10-15(14)18)9-13(8-11)20-16(21)22-17(2,3)4/h5-6,10-12H,7-9,18H2,1-4H3/b20-13-/t11-,12+/m1/s1. The fourth-order valence-electron chi connectivity index (χ4n) is 2.95. The van der Waals surface area contributed by atoms with Crippen molar-refractivity contribution < 1.29 is 9.53 Å². The highest BCUT2D eigenvalue weighted by molar-refractivity contribution is 5.94. The van der Waals surface area contributed by atoms with Gasteiger partial charge in [0.25, 0.3) is 0 Å². The first-order valence-corrected chi connectivity index (χ1v) is 7.73. The van der Waals surface area contributed by atoms with Gasteiger partial charge in [-0.25, -0.2) is 4.79 Å². The number of aliphatic imine (C=N–C) groups is 1. The van der Waals surface area contributed by atoms with Crippen molar-refractivity contribution in [3.63, 3.8) is 0 Å². The van der Waals surface area contributed by atoms with E-state index in [1.807, 2.05) is 26.8 Å². The normalized spacial score (nSPS) is 24.3. The highest BCUT2D eigenvalue weighted by Crippen LogP contribution is 2.37. The molecule has 1 aromatic heterocycles. The number of aromatic nitrogens is 1. The minimum Gasteiger partial charge on any atom is -0.442 e. The van der Waals surface area contributed by atoms with Crippen LogP contribution < -0.4 is 5.73 Å². The van der Waals surface area contributed by atoms with Crippen molar-refractivity contribution in [1.82, 2.24) is 4.98 Å². The van der Waals surface area contributed by atoms with Crippen molar-refractivity contribution in [1.29, 1.82) is 0 Å². The van der Waals surface area contributed by atoms with Gasteiger partial charge in [-0.3, -0.25) is 4.98 Å². The van der Waals surface area contributed by atoms with Gasteiger partial charge in [-0.1, -0.05) is 6.92 Å². The van der Waals surface area contributed by atoms with Crippen LogP contribution in [-0.2, 0) is 4.74 Å². The van der Waals surface area contributed by atoms with Gasteiger partial charge in [-0.15, -0.1) is 0 Å². The van der Waals surface area contributed by atoms with E-state index in [9.17, 15) is 4.79 Å². The molecule has 5 heteroatoms. The Balaban J connectivity index is 2.15. The predicted octanol–water partition coefficient (Wildman–Crippen LogP) is 3.94. The summed E-state index contributed by atoms with van der Waals surface area (Å²) in [4.78, 5) is 20.1. The predicted molar refractivity (Wildman–Crippen MR) is 88.1 cm³/mol. The number of nitrogens with zero attached hydrogens (tertiary/aromatic N) is 2. The Morgan fingerprint density at radius 3 is 2.77 bits per heavy atom. The highest BCUT2D eigenvalue weighted by Gasteiger charge is 2.27. The maximum Gasteiger partial charge on any atom is 0.434 e. The smallest absolute Gasteiger partial charge is 0.434 e. The number of carbonyl (C=O) groups excluding carboxylic acids is 1. The second-order valence-electron chi connectivity index (χ2n) is 7.11. The van der Waals surface area contributed by atoms with Gasteiger partial charge in [0.1, 0.15) is 5.60 Å². The van der Waals surface area contributed by atoms with Crippen LogP contribution in [0.3, 0.4) is 0 Å². The van der Waals surface area contributed by atoms with Crippen LogP contribution in [0, 0.1) is 5.92 Å². The highest BCUT2D eigenvalue weighted by atomic mass is 16.6. The van der Waals surface area contributed by atoms with Crippen LogP contribution in [0.2, 0.25) is 0 Å². The second-order valence-corrected chi connectivity index (χ2v) is 7.11. The number of nitrogen functional groups attached to an aromatic ring is 1. The minimum atomic E-state index is -0.518. The average molecular weight is 303 g/mol. The summed E-state index contributed by atoms with van der Waals surface area (Å²) < 4.78 is 5.28. The first-order chi connectivity index (χ1) is 10.2. The number of ether oxygens (including phenoxy) is 1. The van der Waals surface area contributed by atoms with E-state index >= 15 is 0 Å². The summed E-state index contributed by atoms with van der Waals surface area (Å²) in [5, 5.41) is 0. The Bertz CT molecular complexity index is 576. The molecule has 1 aliphatic rings. The minimum absolute atomic E-state index is 0.285. The van der Waals surface area contributed by atoms with Crippen LogP contribution in [-0.4, -0.2) is 22.4 Å². The zero-order chi connectivity index (χ0) is 16.3. The molecular formula is C17H25N3O2. The third-order valence-electron chi connectivity index (χ3n) is 3.72. The Morgan fingerprint density at radius 1 is 1.41 bits per heavy atom. The number of rotatable bonds is 1. The topological polar surface area (TPSA) is 77.6 Å². The number of nitrogens with two attached hydrogens (primary N) is 1. The summed E-state index contributed by atoms with van der Waals surface area (Å²) in [7, 11) is 0. The molecule has 1 heterocycles. The van der Waals surface area contributed by atoms with Crippen molar-refractivity contribution in [3.05, 3.63) is 24.0 Å². The molecule has 0 spiro atoms. The zero-order valence-corrected chi connectivity index (χ0v) is 13.8. The number of pyridine rings is 1. The molecule has 1 saturated carbocycles. The Morgan fingerprint density at radius 2 is 2.14 bits per heavy atom. The summed E-state index contributed by atoms with van der Waals surface area (Å²) in [5.41, 5.74) is 8.22. The molecule has 0 radical (unpaired) electrons. The molecule has 22 heavy (non-hydrogen) atoms. The molecule has 1 amide bonds. The van der Waals surface area contributed by atoms with Gasteiger partial charge in [0, 0.05) is 11.9 Å².